The summed E-state index contributed by atoms with van der Waals surface area (Å²) in [6.45, 7) is 7.24. The van der Waals surface area contributed by atoms with Gasteiger partial charge in [0.25, 0.3) is 0 Å². The van der Waals surface area contributed by atoms with Gasteiger partial charge in [0.1, 0.15) is 5.82 Å². The molecule has 2 atom stereocenters. The summed E-state index contributed by atoms with van der Waals surface area (Å²) in [7, 11) is 0. The van der Waals surface area contributed by atoms with Crippen molar-refractivity contribution in [2.75, 3.05) is 13.1 Å². The molecule has 0 aliphatic carbocycles. The number of aryl methyl sites for hydroxylation is 1. The maximum atomic E-state index is 13.1. The van der Waals surface area contributed by atoms with Crippen LogP contribution in [0.3, 0.4) is 0 Å². The van der Waals surface area contributed by atoms with E-state index in [1.807, 2.05) is 13.1 Å². The van der Waals surface area contributed by atoms with E-state index in [9.17, 15) is 4.39 Å². The molecule has 22 heavy (non-hydrogen) atoms. The van der Waals surface area contributed by atoms with Crippen LogP contribution >= 0.6 is 0 Å². The van der Waals surface area contributed by atoms with E-state index in [1.54, 1.807) is 16.9 Å². The van der Waals surface area contributed by atoms with Crippen LogP contribution in [0.2, 0.25) is 0 Å². The predicted molar refractivity (Wildman–Crippen MR) is 80.7 cm³/mol. The highest BCUT2D eigenvalue weighted by molar-refractivity contribution is 5.19. The maximum Gasteiger partial charge on any atom is 0.123 e. The lowest BCUT2D eigenvalue weighted by Gasteiger charge is -2.36. The van der Waals surface area contributed by atoms with E-state index in [0.29, 0.717) is 0 Å². The Labute approximate surface area is 129 Å². The van der Waals surface area contributed by atoms with E-state index in [4.69, 9.17) is 4.74 Å². The monoisotopic (exact) mass is 304 g/mol. The molecular formula is C16H21FN4O. The molecule has 1 aromatic heterocycles. The van der Waals surface area contributed by atoms with E-state index >= 15 is 0 Å². The zero-order chi connectivity index (χ0) is 15.5. The lowest BCUT2D eigenvalue weighted by molar-refractivity contribution is -0.0817. The molecule has 2 aromatic rings. The number of benzene rings is 1. The minimum Gasteiger partial charge on any atom is -0.368 e. The van der Waals surface area contributed by atoms with Gasteiger partial charge in [-0.15, -0.1) is 0 Å². The van der Waals surface area contributed by atoms with Crippen molar-refractivity contribution in [1.82, 2.24) is 19.9 Å². The fourth-order valence-electron chi connectivity index (χ4n) is 2.82. The standard InChI is InChI=1S/C16H21FN4O/c1-3-21-18-8-15(19-21)10-20-9-12(2)22-16(11-20)13-4-6-14(17)7-5-13/h4-8,12,16H,3,9-11H2,1-2H3. The van der Waals surface area contributed by atoms with Crippen LogP contribution in [0.5, 0.6) is 0 Å². The molecular weight excluding hydrogens is 283 g/mol. The number of ether oxygens (including phenoxy) is 1. The summed E-state index contributed by atoms with van der Waals surface area (Å²) in [5, 5.41) is 8.64. The molecule has 6 heteroatoms. The van der Waals surface area contributed by atoms with Crippen LogP contribution in [0.25, 0.3) is 0 Å². The number of rotatable bonds is 4. The Hall–Kier alpha value is -1.79. The average Bonchev–Trinajstić information content (AvgIpc) is 2.95. The average molecular weight is 304 g/mol. The highest BCUT2D eigenvalue weighted by atomic mass is 19.1. The third-order valence-electron chi connectivity index (χ3n) is 3.83. The Morgan fingerprint density at radius 1 is 1.27 bits per heavy atom. The van der Waals surface area contributed by atoms with Crippen molar-refractivity contribution in [2.45, 2.75) is 39.1 Å². The molecule has 0 radical (unpaired) electrons. The zero-order valence-electron chi connectivity index (χ0n) is 12.9. The first-order valence-electron chi connectivity index (χ1n) is 7.66. The quantitative estimate of drug-likeness (QED) is 0.870. The second-order valence-electron chi connectivity index (χ2n) is 5.71. The second-order valence-corrected chi connectivity index (χ2v) is 5.71. The predicted octanol–water partition coefficient (Wildman–Crippen LogP) is 2.40. The van der Waals surface area contributed by atoms with Gasteiger partial charge in [0.15, 0.2) is 0 Å². The summed E-state index contributed by atoms with van der Waals surface area (Å²) in [5.41, 5.74) is 1.98. The number of morpholine rings is 1. The summed E-state index contributed by atoms with van der Waals surface area (Å²) in [5.74, 6) is -0.222. The molecule has 1 aromatic carbocycles. The van der Waals surface area contributed by atoms with Crippen molar-refractivity contribution in [2.24, 2.45) is 0 Å². The largest absolute Gasteiger partial charge is 0.368 e. The van der Waals surface area contributed by atoms with E-state index in [0.717, 1.165) is 37.4 Å². The van der Waals surface area contributed by atoms with Crippen molar-refractivity contribution in [3.63, 3.8) is 0 Å². The Kier molecular flexibility index (Phi) is 4.49. The van der Waals surface area contributed by atoms with E-state index in [-0.39, 0.29) is 18.0 Å². The molecule has 1 aliphatic rings. The fourth-order valence-corrected chi connectivity index (χ4v) is 2.82. The van der Waals surface area contributed by atoms with Crippen LogP contribution in [-0.4, -0.2) is 39.1 Å². The summed E-state index contributed by atoms with van der Waals surface area (Å²) in [6.07, 6.45) is 1.91. The lowest BCUT2D eigenvalue weighted by Crippen LogP contribution is -2.42. The van der Waals surface area contributed by atoms with Gasteiger partial charge in [0, 0.05) is 19.6 Å². The van der Waals surface area contributed by atoms with Crippen molar-refractivity contribution < 1.29 is 9.13 Å². The molecule has 118 valence electrons. The minimum absolute atomic E-state index is 0.0365. The SMILES string of the molecule is CCn1ncc(CN2CC(C)OC(c3ccc(F)cc3)C2)n1. The minimum atomic E-state index is -0.222. The van der Waals surface area contributed by atoms with Gasteiger partial charge in [-0.3, -0.25) is 4.90 Å². The van der Waals surface area contributed by atoms with Gasteiger partial charge in [-0.1, -0.05) is 12.1 Å². The first-order chi connectivity index (χ1) is 10.6. The van der Waals surface area contributed by atoms with Gasteiger partial charge >= 0.3 is 0 Å². The molecule has 2 unspecified atom stereocenters. The Morgan fingerprint density at radius 2 is 2.05 bits per heavy atom. The molecule has 0 spiro atoms. The maximum absolute atomic E-state index is 13.1. The number of aromatic nitrogens is 3. The van der Waals surface area contributed by atoms with Gasteiger partial charge in [-0.25, -0.2) is 4.39 Å². The first kappa shape index (κ1) is 15.1. The number of nitrogens with zero attached hydrogens (tertiary/aromatic N) is 4. The van der Waals surface area contributed by atoms with Crippen molar-refractivity contribution in [3.8, 4) is 0 Å². The van der Waals surface area contributed by atoms with Crippen LogP contribution in [0.1, 0.15) is 31.2 Å². The molecule has 5 nitrogen and oxygen atoms in total. The molecule has 0 amide bonds. The zero-order valence-corrected chi connectivity index (χ0v) is 12.9. The van der Waals surface area contributed by atoms with Gasteiger partial charge in [0.2, 0.25) is 0 Å². The van der Waals surface area contributed by atoms with Crippen LogP contribution in [-0.2, 0) is 17.8 Å². The molecule has 1 aliphatic heterocycles. The van der Waals surface area contributed by atoms with Gasteiger partial charge in [0.05, 0.1) is 30.6 Å². The van der Waals surface area contributed by atoms with Crippen LogP contribution < -0.4 is 0 Å². The number of halogens is 1. The van der Waals surface area contributed by atoms with Gasteiger partial charge < -0.3 is 4.74 Å². The van der Waals surface area contributed by atoms with Crippen molar-refractivity contribution in [1.29, 1.82) is 0 Å². The van der Waals surface area contributed by atoms with Gasteiger partial charge in [-0.2, -0.15) is 15.0 Å². The summed E-state index contributed by atoms with van der Waals surface area (Å²) >= 11 is 0. The topological polar surface area (TPSA) is 43.2 Å². The normalized spacial score (nSPS) is 22.9. The molecule has 0 bridgehead atoms. The van der Waals surface area contributed by atoms with E-state index < -0.39 is 0 Å². The third kappa shape index (κ3) is 3.51. The second kappa shape index (κ2) is 6.54. The summed E-state index contributed by atoms with van der Waals surface area (Å²) in [6, 6.07) is 6.55. The molecule has 1 fully saturated rings. The van der Waals surface area contributed by atoms with E-state index in [1.165, 1.54) is 12.1 Å². The van der Waals surface area contributed by atoms with Crippen LogP contribution in [0, 0.1) is 5.82 Å². The highest BCUT2D eigenvalue weighted by Crippen LogP contribution is 2.26. The third-order valence-corrected chi connectivity index (χ3v) is 3.83. The summed E-state index contributed by atoms with van der Waals surface area (Å²) < 4.78 is 19.1. The summed E-state index contributed by atoms with van der Waals surface area (Å²) in [4.78, 5) is 4.00. The van der Waals surface area contributed by atoms with Crippen molar-refractivity contribution in [3.05, 3.63) is 47.5 Å². The molecule has 2 heterocycles. The van der Waals surface area contributed by atoms with Crippen LogP contribution in [0.4, 0.5) is 4.39 Å². The number of hydrogen-bond acceptors (Lipinski definition) is 4. The molecule has 1 saturated heterocycles. The van der Waals surface area contributed by atoms with E-state index in [2.05, 4.69) is 22.0 Å². The Balaban J connectivity index is 1.69. The fraction of sp³-hybridized carbons (Fsp3) is 0.500. The van der Waals surface area contributed by atoms with Crippen molar-refractivity contribution >= 4 is 0 Å². The Morgan fingerprint density at radius 3 is 2.73 bits per heavy atom. The smallest absolute Gasteiger partial charge is 0.123 e. The van der Waals surface area contributed by atoms with Crippen LogP contribution in [0.15, 0.2) is 30.5 Å². The Bertz CT molecular complexity index is 613. The number of hydrogen-bond donors (Lipinski definition) is 0. The molecule has 0 N–H and O–H groups in total. The first-order valence-corrected chi connectivity index (χ1v) is 7.66. The molecule has 3 rings (SSSR count). The highest BCUT2D eigenvalue weighted by Gasteiger charge is 2.27. The van der Waals surface area contributed by atoms with Gasteiger partial charge in [-0.05, 0) is 31.5 Å². The lowest BCUT2D eigenvalue weighted by atomic mass is 10.1. The molecule has 0 saturated carbocycles.